The number of aromatic nitrogens is 2. The first-order valence-electron chi connectivity index (χ1n) is 9.88. The molecule has 0 amide bonds. The molecule has 0 fully saturated rings. The Morgan fingerprint density at radius 1 is 1.12 bits per heavy atom. The van der Waals surface area contributed by atoms with E-state index in [-0.39, 0.29) is 11.5 Å². The van der Waals surface area contributed by atoms with Crippen molar-refractivity contribution in [3.8, 4) is 17.2 Å². The van der Waals surface area contributed by atoms with Gasteiger partial charge < -0.3 is 18.8 Å². The molecule has 0 aliphatic carbocycles. The van der Waals surface area contributed by atoms with Crippen LogP contribution in [0.25, 0.3) is 22.6 Å². The molecule has 1 aliphatic heterocycles. The quantitative estimate of drug-likeness (QED) is 0.423. The van der Waals surface area contributed by atoms with Gasteiger partial charge in [-0.25, -0.2) is 23.5 Å². The van der Waals surface area contributed by atoms with Crippen molar-refractivity contribution < 1.29 is 27.5 Å². The maximum absolute atomic E-state index is 14.0. The average molecular weight is 437 g/mol. The molecule has 5 rings (SSSR count). The van der Waals surface area contributed by atoms with E-state index in [1.165, 1.54) is 49.7 Å². The Hall–Kier alpha value is -4.01. The number of fused-ring (bicyclic) bond motifs is 2. The van der Waals surface area contributed by atoms with Crippen LogP contribution in [0.1, 0.15) is 16.8 Å². The number of hydrogen-bond donors (Lipinski definition) is 0. The van der Waals surface area contributed by atoms with Crippen LogP contribution < -0.4 is 9.64 Å². The van der Waals surface area contributed by atoms with Crippen molar-refractivity contribution in [3.05, 3.63) is 65.9 Å². The molecule has 9 heteroatoms. The van der Waals surface area contributed by atoms with Gasteiger partial charge in [-0.2, -0.15) is 0 Å². The number of hydrogen-bond acceptors (Lipinski definition) is 7. The van der Waals surface area contributed by atoms with Gasteiger partial charge in [-0.05, 0) is 36.8 Å². The first kappa shape index (κ1) is 19.9. The first-order chi connectivity index (χ1) is 15.5. The molecule has 0 atom stereocenters. The lowest BCUT2D eigenvalue weighted by Gasteiger charge is -2.23. The van der Waals surface area contributed by atoms with E-state index < -0.39 is 17.6 Å². The molecule has 32 heavy (non-hydrogen) atoms. The standard InChI is InChI=1S/C23H17F2N3O4/c1-30-23(29)15-11-21(28-7-2-8-31-20-6-4-14(25)10-18(20)28)26-12-16(15)22-27-17-9-13(24)3-5-19(17)32-22/h3-6,9-12H,2,7-8H2,1H3. The van der Waals surface area contributed by atoms with Crippen LogP contribution in [0.2, 0.25) is 0 Å². The fourth-order valence-corrected chi connectivity index (χ4v) is 3.64. The van der Waals surface area contributed by atoms with Crippen LogP contribution in [0, 0.1) is 11.6 Å². The molecule has 2 aromatic carbocycles. The normalized spacial score (nSPS) is 13.4. The summed E-state index contributed by atoms with van der Waals surface area (Å²) in [6.07, 6.45) is 2.11. The van der Waals surface area contributed by atoms with Crippen LogP contribution in [0.3, 0.4) is 0 Å². The molecule has 4 aromatic rings. The number of rotatable bonds is 3. The van der Waals surface area contributed by atoms with E-state index in [9.17, 15) is 13.6 Å². The Labute approximate surface area is 181 Å². The summed E-state index contributed by atoms with van der Waals surface area (Å²) in [6.45, 7) is 0.974. The van der Waals surface area contributed by atoms with Gasteiger partial charge in [-0.3, -0.25) is 0 Å². The Bertz CT molecular complexity index is 1340. The highest BCUT2D eigenvalue weighted by atomic mass is 19.1. The highest BCUT2D eigenvalue weighted by Crippen LogP contribution is 2.37. The lowest BCUT2D eigenvalue weighted by atomic mass is 10.1. The summed E-state index contributed by atoms with van der Waals surface area (Å²) in [5, 5.41) is 0. The van der Waals surface area contributed by atoms with E-state index in [0.29, 0.717) is 53.5 Å². The summed E-state index contributed by atoms with van der Waals surface area (Å²) < 4.78 is 43.9. The van der Waals surface area contributed by atoms with Gasteiger partial charge in [-0.1, -0.05) is 0 Å². The highest BCUT2D eigenvalue weighted by molar-refractivity contribution is 5.97. The minimum atomic E-state index is -0.623. The van der Waals surface area contributed by atoms with Crippen LogP contribution >= 0.6 is 0 Å². The Morgan fingerprint density at radius 2 is 1.94 bits per heavy atom. The molecule has 2 aromatic heterocycles. The van der Waals surface area contributed by atoms with Gasteiger partial charge in [0, 0.05) is 24.9 Å². The predicted octanol–water partition coefficient (Wildman–Crippen LogP) is 4.88. The number of carbonyl (C=O) groups is 1. The number of halogens is 2. The third-order valence-electron chi connectivity index (χ3n) is 5.15. The van der Waals surface area contributed by atoms with Crippen molar-refractivity contribution in [2.75, 3.05) is 25.2 Å². The lowest BCUT2D eigenvalue weighted by Crippen LogP contribution is -2.20. The number of ether oxygens (including phenoxy) is 2. The summed E-state index contributed by atoms with van der Waals surface area (Å²) in [7, 11) is 1.26. The van der Waals surface area contributed by atoms with Crippen LogP contribution in [-0.2, 0) is 4.74 Å². The highest BCUT2D eigenvalue weighted by Gasteiger charge is 2.24. The van der Waals surface area contributed by atoms with E-state index >= 15 is 0 Å². The molecular weight excluding hydrogens is 420 g/mol. The average Bonchev–Trinajstić information content (AvgIpc) is 3.10. The lowest BCUT2D eigenvalue weighted by molar-refractivity contribution is 0.0601. The van der Waals surface area contributed by atoms with Gasteiger partial charge in [0.2, 0.25) is 5.89 Å². The summed E-state index contributed by atoms with van der Waals surface area (Å²) >= 11 is 0. The van der Waals surface area contributed by atoms with E-state index in [1.807, 2.05) is 0 Å². The van der Waals surface area contributed by atoms with Gasteiger partial charge >= 0.3 is 5.97 Å². The van der Waals surface area contributed by atoms with Gasteiger partial charge in [0.25, 0.3) is 0 Å². The summed E-state index contributed by atoms with van der Waals surface area (Å²) in [5.74, 6) is -0.446. The summed E-state index contributed by atoms with van der Waals surface area (Å²) in [4.78, 5) is 23.1. The molecule has 0 spiro atoms. The molecule has 7 nitrogen and oxygen atoms in total. The molecule has 0 saturated heterocycles. The molecule has 0 radical (unpaired) electrons. The minimum Gasteiger partial charge on any atom is -0.491 e. The zero-order valence-corrected chi connectivity index (χ0v) is 17.0. The smallest absolute Gasteiger partial charge is 0.338 e. The molecular formula is C23H17F2N3O4. The molecule has 162 valence electrons. The van der Waals surface area contributed by atoms with Crippen molar-refractivity contribution in [2.24, 2.45) is 0 Å². The van der Waals surface area contributed by atoms with Crippen LogP contribution in [0.5, 0.6) is 5.75 Å². The molecule has 0 unspecified atom stereocenters. The second-order valence-electron chi connectivity index (χ2n) is 7.18. The van der Waals surface area contributed by atoms with E-state index in [4.69, 9.17) is 13.9 Å². The molecule has 0 N–H and O–H groups in total. The molecule has 3 heterocycles. The third kappa shape index (κ3) is 3.51. The molecule has 1 aliphatic rings. The third-order valence-corrected chi connectivity index (χ3v) is 5.15. The van der Waals surface area contributed by atoms with Crippen molar-refractivity contribution in [1.29, 1.82) is 0 Å². The van der Waals surface area contributed by atoms with Gasteiger partial charge in [0.1, 0.15) is 28.7 Å². The second kappa shape index (κ2) is 7.92. The van der Waals surface area contributed by atoms with Gasteiger partial charge in [0.15, 0.2) is 5.58 Å². The number of nitrogens with zero attached hydrogens (tertiary/aromatic N) is 3. The van der Waals surface area contributed by atoms with Crippen molar-refractivity contribution in [1.82, 2.24) is 9.97 Å². The van der Waals surface area contributed by atoms with E-state index in [1.54, 1.807) is 11.0 Å². The number of esters is 1. The fraction of sp³-hybridized carbons (Fsp3) is 0.174. The number of methoxy groups -OCH3 is 1. The maximum atomic E-state index is 14.0. The van der Waals surface area contributed by atoms with Gasteiger partial charge in [-0.15, -0.1) is 0 Å². The Balaban J connectivity index is 1.63. The van der Waals surface area contributed by atoms with E-state index in [0.717, 1.165) is 0 Å². The zero-order valence-electron chi connectivity index (χ0n) is 17.0. The second-order valence-corrected chi connectivity index (χ2v) is 7.18. The summed E-state index contributed by atoms with van der Waals surface area (Å²) in [5.41, 5.74) is 1.65. The van der Waals surface area contributed by atoms with Crippen LogP contribution in [0.15, 0.2) is 53.1 Å². The predicted molar refractivity (Wildman–Crippen MR) is 112 cm³/mol. The van der Waals surface area contributed by atoms with Crippen LogP contribution in [0.4, 0.5) is 20.3 Å². The van der Waals surface area contributed by atoms with E-state index in [2.05, 4.69) is 9.97 Å². The number of carbonyl (C=O) groups excluding carboxylic acids is 1. The number of benzene rings is 2. The largest absolute Gasteiger partial charge is 0.491 e. The summed E-state index contributed by atoms with van der Waals surface area (Å²) in [6, 6.07) is 9.76. The number of anilines is 2. The fourth-order valence-electron chi connectivity index (χ4n) is 3.64. The van der Waals surface area contributed by atoms with Crippen molar-refractivity contribution in [3.63, 3.8) is 0 Å². The maximum Gasteiger partial charge on any atom is 0.338 e. The van der Waals surface area contributed by atoms with Crippen molar-refractivity contribution in [2.45, 2.75) is 6.42 Å². The number of oxazole rings is 1. The topological polar surface area (TPSA) is 77.7 Å². The van der Waals surface area contributed by atoms with Crippen molar-refractivity contribution >= 4 is 28.6 Å². The molecule has 0 bridgehead atoms. The minimum absolute atomic E-state index is 0.107. The zero-order chi connectivity index (χ0) is 22.2. The molecule has 0 saturated carbocycles. The Kier molecular flexibility index (Phi) is 4.93. The first-order valence-corrected chi connectivity index (χ1v) is 9.88. The van der Waals surface area contributed by atoms with Gasteiger partial charge in [0.05, 0.1) is 30.5 Å². The number of pyridine rings is 1. The monoisotopic (exact) mass is 437 g/mol. The Morgan fingerprint density at radius 3 is 2.78 bits per heavy atom. The SMILES string of the molecule is COC(=O)c1cc(N2CCCOc3ccc(F)cc32)ncc1-c1nc2cc(F)ccc2o1. The van der Waals surface area contributed by atoms with Crippen LogP contribution in [-0.4, -0.2) is 36.2 Å².